The van der Waals surface area contributed by atoms with Gasteiger partial charge in [-0.2, -0.15) is 20.8 Å². The predicted molar refractivity (Wildman–Crippen MR) is 107 cm³/mol. The standard InChI is InChI=1S/C20H24N6O2/c1-27-16-5-2-14(3-6-16)12-26-13-15-4-7-17-18(15)19(22-24-21-17)20(23-26)25-8-10-28-11-9-25/h2-3,5-6,24H,4,7-13H2,1H3. The summed E-state index contributed by atoms with van der Waals surface area (Å²) >= 11 is 0. The van der Waals surface area contributed by atoms with Crippen molar-refractivity contribution < 1.29 is 9.47 Å². The highest BCUT2D eigenvalue weighted by molar-refractivity contribution is 6.54. The first-order chi connectivity index (χ1) is 13.8. The summed E-state index contributed by atoms with van der Waals surface area (Å²) < 4.78 is 10.8. The van der Waals surface area contributed by atoms with E-state index in [0.717, 1.165) is 62.0 Å². The molecule has 0 atom stereocenters. The van der Waals surface area contributed by atoms with Gasteiger partial charge in [0, 0.05) is 18.7 Å². The number of benzene rings is 1. The van der Waals surface area contributed by atoms with Crippen molar-refractivity contribution in [3.63, 3.8) is 0 Å². The molecular formula is C20H24N6O2. The number of nitrogens with one attached hydrogen (secondary N) is 1. The number of rotatable bonds is 3. The Labute approximate surface area is 164 Å². The maximum atomic E-state index is 5.54. The second-order valence-corrected chi connectivity index (χ2v) is 7.29. The Morgan fingerprint density at radius 1 is 1.11 bits per heavy atom. The lowest BCUT2D eigenvalue weighted by atomic mass is 10.0. The summed E-state index contributed by atoms with van der Waals surface area (Å²) in [6.45, 7) is 4.61. The van der Waals surface area contributed by atoms with E-state index < -0.39 is 0 Å². The fourth-order valence-electron chi connectivity index (χ4n) is 4.11. The van der Waals surface area contributed by atoms with Gasteiger partial charge < -0.3 is 14.4 Å². The molecule has 5 rings (SSSR count). The molecule has 0 amide bonds. The van der Waals surface area contributed by atoms with Gasteiger partial charge in [-0.05, 0) is 36.1 Å². The molecule has 1 fully saturated rings. The van der Waals surface area contributed by atoms with E-state index >= 15 is 0 Å². The maximum absolute atomic E-state index is 5.54. The molecule has 3 aliphatic heterocycles. The largest absolute Gasteiger partial charge is 0.497 e. The molecule has 1 saturated heterocycles. The second kappa shape index (κ2) is 7.27. The van der Waals surface area contributed by atoms with Crippen LogP contribution in [-0.4, -0.2) is 67.1 Å². The molecule has 0 aromatic heterocycles. The predicted octanol–water partition coefficient (Wildman–Crippen LogP) is 1.56. The highest BCUT2D eigenvalue weighted by Gasteiger charge is 2.36. The molecule has 4 aliphatic rings. The van der Waals surface area contributed by atoms with Crippen LogP contribution in [0.1, 0.15) is 18.4 Å². The molecule has 3 heterocycles. The second-order valence-electron chi connectivity index (χ2n) is 7.29. The first-order valence-electron chi connectivity index (χ1n) is 9.73. The summed E-state index contributed by atoms with van der Waals surface area (Å²) in [5.74, 6) is 1.79. The van der Waals surface area contributed by atoms with Gasteiger partial charge in [0.15, 0.2) is 5.84 Å². The molecule has 8 heteroatoms. The van der Waals surface area contributed by atoms with Crippen LogP contribution in [-0.2, 0) is 11.3 Å². The Balaban J connectivity index is 1.49. The summed E-state index contributed by atoms with van der Waals surface area (Å²) in [5, 5.41) is 16.2. The van der Waals surface area contributed by atoms with Gasteiger partial charge in [0.2, 0.25) is 0 Å². The number of morpholine rings is 1. The molecule has 0 spiro atoms. The van der Waals surface area contributed by atoms with Crippen molar-refractivity contribution in [1.82, 2.24) is 15.4 Å². The molecule has 1 N–H and O–H groups in total. The van der Waals surface area contributed by atoms with Crippen LogP contribution in [0, 0.1) is 0 Å². The maximum Gasteiger partial charge on any atom is 0.177 e. The quantitative estimate of drug-likeness (QED) is 0.862. The number of ether oxygens (including phenoxy) is 2. The highest BCUT2D eigenvalue weighted by Crippen LogP contribution is 2.31. The smallest absolute Gasteiger partial charge is 0.177 e. The molecule has 8 nitrogen and oxygen atoms in total. The zero-order chi connectivity index (χ0) is 18.9. The topological polar surface area (TPSA) is 74.0 Å². The zero-order valence-electron chi connectivity index (χ0n) is 16.0. The van der Waals surface area contributed by atoms with Crippen molar-refractivity contribution in [1.29, 1.82) is 0 Å². The number of nitrogens with zero attached hydrogens (tertiary/aromatic N) is 5. The van der Waals surface area contributed by atoms with Gasteiger partial charge in [-0.1, -0.05) is 12.1 Å². The Kier molecular flexibility index (Phi) is 4.48. The van der Waals surface area contributed by atoms with E-state index in [1.54, 1.807) is 7.11 Å². The normalized spacial score (nSPS) is 21.4. The molecule has 0 bridgehead atoms. The van der Waals surface area contributed by atoms with Crippen molar-refractivity contribution in [2.45, 2.75) is 19.4 Å². The Bertz CT molecular complexity index is 880. The van der Waals surface area contributed by atoms with Crippen LogP contribution in [0.2, 0.25) is 0 Å². The van der Waals surface area contributed by atoms with Gasteiger partial charge in [-0.25, -0.2) is 0 Å². The van der Waals surface area contributed by atoms with Crippen molar-refractivity contribution >= 4 is 17.3 Å². The minimum Gasteiger partial charge on any atom is -0.497 e. The van der Waals surface area contributed by atoms with Crippen LogP contribution in [0.5, 0.6) is 5.75 Å². The Morgan fingerprint density at radius 2 is 1.93 bits per heavy atom. The average molecular weight is 380 g/mol. The number of hydrogen-bond donors (Lipinski definition) is 1. The van der Waals surface area contributed by atoms with Crippen LogP contribution in [0.4, 0.5) is 0 Å². The molecule has 1 aliphatic carbocycles. The van der Waals surface area contributed by atoms with Gasteiger partial charge in [-0.3, -0.25) is 5.01 Å². The van der Waals surface area contributed by atoms with Gasteiger partial charge in [-0.15, -0.1) is 0 Å². The first kappa shape index (κ1) is 17.2. The minimum atomic E-state index is 0.713. The lowest BCUT2D eigenvalue weighted by Gasteiger charge is -2.31. The summed E-state index contributed by atoms with van der Waals surface area (Å²) in [7, 11) is 1.69. The highest BCUT2D eigenvalue weighted by atomic mass is 16.5. The van der Waals surface area contributed by atoms with E-state index in [-0.39, 0.29) is 0 Å². The van der Waals surface area contributed by atoms with Gasteiger partial charge in [0.25, 0.3) is 0 Å². The van der Waals surface area contributed by atoms with Crippen molar-refractivity contribution in [3.8, 4) is 5.75 Å². The van der Waals surface area contributed by atoms with Gasteiger partial charge in [0.1, 0.15) is 11.5 Å². The average Bonchev–Trinajstić information content (AvgIpc) is 3.08. The van der Waals surface area contributed by atoms with Crippen molar-refractivity contribution in [2.75, 3.05) is 40.0 Å². The summed E-state index contributed by atoms with van der Waals surface area (Å²) in [6, 6.07) is 8.18. The molecule has 1 aromatic carbocycles. The lowest BCUT2D eigenvalue weighted by molar-refractivity contribution is 0.0679. The molecule has 0 radical (unpaired) electrons. The fraction of sp³-hybridized carbons (Fsp3) is 0.450. The third-order valence-corrected chi connectivity index (χ3v) is 5.55. The Hall–Kier alpha value is -2.87. The minimum absolute atomic E-state index is 0.713. The first-order valence-corrected chi connectivity index (χ1v) is 9.73. The Morgan fingerprint density at radius 3 is 2.71 bits per heavy atom. The van der Waals surface area contributed by atoms with Gasteiger partial charge >= 0.3 is 0 Å². The number of hydrogen-bond acceptors (Lipinski definition) is 8. The lowest BCUT2D eigenvalue weighted by Crippen LogP contribution is -2.46. The van der Waals surface area contributed by atoms with Crippen molar-refractivity contribution in [3.05, 3.63) is 41.0 Å². The van der Waals surface area contributed by atoms with Crippen LogP contribution >= 0.6 is 0 Å². The zero-order valence-corrected chi connectivity index (χ0v) is 16.0. The molecule has 0 saturated carbocycles. The third kappa shape index (κ3) is 3.13. The van der Waals surface area contributed by atoms with E-state index in [1.165, 1.54) is 16.7 Å². The fourth-order valence-corrected chi connectivity index (χ4v) is 4.11. The van der Waals surface area contributed by atoms with Crippen LogP contribution < -0.4 is 10.3 Å². The van der Waals surface area contributed by atoms with Crippen LogP contribution in [0.3, 0.4) is 0 Å². The monoisotopic (exact) mass is 380 g/mol. The number of amidine groups is 1. The molecule has 0 unspecified atom stereocenters. The van der Waals surface area contributed by atoms with E-state index in [0.29, 0.717) is 13.2 Å². The van der Waals surface area contributed by atoms with Crippen molar-refractivity contribution in [2.24, 2.45) is 15.3 Å². The summed E-state index contributed by atoms with van der Waals surface area (Å²) in [6.07, 6.45) is 1.98. The number of hydrazone groups is 3. The number of methoxy groups -OCH3 is 1. The molecule has 1 aromatic rings. The SMILES string of the molecule is COc1ccc(CN2CC3=C4C(=NNN=C4C(N4CCOCC4)=N2)CC3)cc1. The van der Waals surface area contributed by atoms with Crippen LogP contribution in [0.15, 0.2) is 50.7 Å². The summed E-state index contributed by atoms with van der Waals surface area (Å²) in [5.41, 5.74) is 8.66. The van der Waals surface area contributed by atoms with E-state index in [1.807, 2.05) is 12.1 Å². The van der Waals surface area contributed by atoms with E-state index in [2.05, 4.69) is 37.8 Å². The van der Waals surface area contributed by atoms with E-state index in [9.17, 15) is 0 Å². The van der Waals surface area contributed by atoms with Gasteiger partial charge in [0.05, 0.1) is 39.1 Å². The van der Waals surface area contributed by atoms with E-state index in [4.69, 9.17) is 14.6 Å². The molecular weight excluding hydrogens is 356 g/mol. The molecule has 28 heavy (non-hydrogen) atoms. The van der Waals surface area contributed by atoms with Crippen LogP contribution in [0.25, 0.3) is 0 Å². The molecule has 146 valence electrons. The summed E-state index contributed by atoms with van der Waals surface area (Å²) in [4.78, 5) is 2.28. The third-order valence-electron chi connectivity index (χ3n) is 5.55.